The van der Waals surface area contributed by atoms with Gasteiger partial charge in [-0.3, -0.25) is 14.4 Å². The number of carbonyl (C=O) groups is 3. The van der Waals surface area contributed by atoms with Gasteiger partial charge in [0.1, 0.15) is 0 Å². The van der Waals surface area contributed by atoms with Crippen LogP contribution in [0, 0.1) is 35.0 Å². The smallest absolute Gasteiger partial charge is 0.228 e. The second kappa shape index (κ2) is 25.0. The molecule has 3 amide bonds. The predicted molar refractivity (Wildman–Crippen MR) is 263 cm³/mol. The Morgan fingerprint density at radius 1 is 0.531 bits per heavy atom. The van der Waals surface area contributed by atoms with Crippen molar-refractivity contribution >= 4 is 50.9 Å². The van der Waals surface area contributed by atoms with E-state index in [4.69, 9.17) is 23.2 Å². The molecule has 12 heteroatoms. The summed E-state index contributed by atoms with van der Waals surface area (Å²) in [5, 5.41) is 0.600. The highest BCUT2D eigenvalue weighted by atomic mass is 35.5. The molecule has 368 valence electrons. The molecule has 0 radical (unpaired) electrons. The van der Waals surface area contributed by atoms with Crippen molar-refractivity contribution in [3.05, 3.63) is 0 Å². The largest absolute Gasteiger partial charge is 0.343 e. The van der Waals surface area contributed by atoms with Crippen molar-refractivity contribution in [1.82, 2.24) is 19.4 Å². The third-order valence-corrected chi connectivity index (χ3v) is 20.0. The van der Waals surface area contributed by atoms with E-state index in [0.29, 0.717) is 35.2 Å². The van der Waals surface area contributed by atoms with E-state index in [2.05, 4.69) is 23.6 Å². The first-order valence-electron chi connectivity index (χ1n) is 26.8. The van der Waals surface area contributed by atoms with Crippen LogP contribution in [-0.4, -0.2) is 103 Å². The highest BCUT2D eigenvalue weighted by Crippen LogP contribution is 2.60. The minimum atomic E-state index is -3.16. The fourth-order valence-corrected chi connectivity index (χ4v) is 16.0. The normalized spacial score (nSPS) is 34.4. The number of unbranched alkanes of at least 4 members (excludes halogenated alkanes) is 3. The second-order valence-electron chi connectivity index (χ2n) is 22.5. The van der Waals surface area contributed by atoms with E-state index in [9.17, 15) is 22.8 Å². The molecule has 0 aromatic heterocycles. The Morgan fingerprint density at radius 2 is 0.953 bits per heavy atom. The Bertz CT molecular complexity index is 1530. The van der Waals surface area contributed by atoms with Gasteiger partial charge in [0.05, 0.1) is 11.2 Å². The van der Waals surface area contributed by atoms with E-state index < -0.39 is 10.0 Å². The van der Waals surface area contributed by atoms with Crippen molar-refractivity contribution in [3.8, 4) is 0 Å². The molecule has 0 aliphatic heterocycles. The molecule has 9 rings (SSSR count). The number of carbonyl (C=O) groups excluding carboxylic acids is 3. The zero-order valence-corrected chi connectivity index (χ0v) is 43.1. The minimum absolute atomic E-state index is 0.0422. The summed E-state index contributed by atoms with van der Waals surface area (Å²) in [5.74, 6) is 4.48. The number of hydrogen-bond acceptors (Lipinski definition) is 5. The quantitative estimate of drug-likeness (QED) is 0.146. The molecule has 0 spiro atoms. The molecule has 0 aromatic rings. The van der Waals surface area contributed by atoms with Gasteiger partial charge in [0, 0.05) is 67.9 Å². The van der Waals surface area contributed by atoms with E-state index in [0.717, 1.165) is 133 Å². The van der Waals surface area contributed by atoms with Crippen LogP contribution in [-0.2, 0) is 24.4 Å². The van der Waals surface area contributed by atoms with Gasteiger partial charge in [-0.2, -0.15) is 0 Å². The Labute approximate surface area is 400 Å². The van der Waals surface area contributed by atoms with Crippen LogP contribution in [0.25, 0.3) is 0 Å². The molecule has 9 saturated carbocycles. The lowest BCUT2D eigenvalue weighted by Gasteiger charge is -2.57. The second-order valence-corrected chi connectivity index (χ2v) is 25.6. The summed E-state index contributed by atoms with van der Waals surface area (Å²) in [6.45, 7) is 2.13. The Hall–Kier alpha value is -1.10. The van der Waals surface area contributed by atoms with Gasteiger partial charge in [-0.15, -0.1) is 23.2 Å². The van der Waals surface area contributed by atoms with Gasteiger partial charge >= 0.3 is 0 Å². The number of nitrogens with one attached hydrogen (secondary N) is 1. The average Bonchev–Trinajstić information content (AvgIpc) is 3.30. The van der Waals surface area contributed by atoms with Crippen molar-refractivity contribution in [2.24, 2.45) is 35.0 Å². The van der Waals surface area contributed by atoms with Crippen LogP contribution in [0.4, 0.5) is 0 Å². The third kappa shape index (κ3) is 14.7. The topological polar surface area (TPSA) is 107 Å². The standard InChI is InChI=1S/C20H38N2O3S.C18H29NO.C14H23Cl2NO/c1-3-4-5-9-16-26(24,25)21-18-12-14-19(15-13-18)22(2)20(23)17-10-7-6-8-11-17;1-19(16-5-3-2-4-6-16)17(20)18-10-13-7-14(11-18)9-15(8-13)12-18;1-17(13-8-6-12(16)7-9-13)14(18)10-2-4-11(15)5-3-10/h17-19,21H,3-16H2,1-2H3;13-16H,2-12H2,1H3;10-13H,2-9H2,1H3. The van der Waals surface area contributed by atoms with Gasteiger partial charge in [0.15, 0.2) is 0 Å². The summed E-state index contributed by atoms with van der Waals surface area (Å²) in [7, 11) is 2.86. The maximum absolute atomic E-state index is 13.2. The molecule has 0 unspecified atom stereocenters. The Balaban J connectivity index is 0.000000162. The molecular weight excluding hydrogens is 864 g/mol. The average molecular weight is 954 g/mol. The maximum atomic E-state index is 13.2. The van der Waals surface area contributed by atoms with Gasteiger partial charge < -0.3 is 14.7 Å². The predicted octanol–water partition coefficient (Wildman–Crippen LogP) is 11.6. The molecule has 0 atom stereocenters. The van der Waals surface area contributed by atoms with Crippen LogP contribution in [0.2, 0.25) is 0 Å². The van der Waals surface area contributed by atoms with E-state index in [1.54, 1.807) is 0 Å². The molecule has 9 fully saturated rings. The van der Waals surface area contributed by atoms with Crippen LogP contribution in [0.15, 0.2) is 0 Å². The molecule has 0 heterocycles. The van der Waals surface area contributed by atoms with E-state index in [1.807, 2.05) is 23.9 Å². The monoisotopic (exact) mass is 953 g/mol. The third-order valence-electron chi connectivity index (χ3n) is 17.6. The summed E-state index contributed by atoms with van der Waals surface area (Å²) < 4.78 is 27.3. The van der Waals surface area contributed by atoms with Crippen LogP contribution in [0.3, 0.4) is 0 Å². The van der Waals surface area contributed by atoms with Gasteiger partial charge in [-0.25, -0.2) is 13.1 Å². The Morgan fingerprint density at radius 3 is 1.44 bits per heavy atom. The molecule has 9 aliphatic rings. The van der Waals surface area contributed by atoms with Crippen LogP contribution in [0.5, 0.6) is 0 Å². The molecular formula is C52H90Cl2N4O5S. The number of hydrogen-bond donors (Lipinski definition) is 1. The number of nitrogens with zero attached hydrogens (tertiary/aromatic N) is 3. The summed E-state index contributed by atoms with van der Waals surface area (Å²) >= 11 is 12.2. The Kier molecular flexibility index (Phi) is 20.4. The summed E-state index contributed by atoms with van der Waals surface area (Å²) in [5.41, 5.74) is 0.0704. The van der Waals surface area contributed by atoms with Crippen LogP contribution < -0.4 is 4.72 Å². The molecule has 0 saturated heterocycles. The summed E-state index contributed by atoms with van der Waals surface area (Å²) in [4.78, 5) is 44.5. The number of sulfonamides is 1. The molecule has 4 bridgehead atoms. The fraction of sp³-hybridized carbons (Fsp3) is 0.942. The van der Waals surface area contributed by atoms with Crippen LogP contribution in [0.1, 0.15) is 212 Å². The van der Waals surface area contributed by atoms with Crippen LogP contribution >= 0.6 is 23.2 Å². The molecule has 1 N–H and O–H groups in total. The van der Waals surface area contributed by atoms with E-state index >= 15 is 0 Å². The minimum Gasteiger partial charge on any atom is -0.343 e. The lowest BCUT2D eigenvalue weighted by atomic mass is 9.49. The molecule has 64 heavy (non-hydrogen) atoms. The number of alkyl halides is 2. The van der Waals surface area contributed by atoms with Gasteiger partial charge in [0.2, 0.25) is 27.7 Å². The van der Waals surface area contributed by atoms with Gasteiger partial charge in [-0.1, -0.05) is 64.7 Å². The zero-order chi connectivity index (χ0) is 45.9. The fourth-order valence-electron chi connectivity index (χ4n) is 14.0. The van der Waals surface area contributed by atoms with Gasteiger partial charge in [0.25, 0.3) is 0 Å². The van der Waals surface area contributed by atoms with E-state index in [1.165, 1.54) is 89.9 Å². The SMILES string of the molecule is CCCCCCS(=O)(=O)NC1CCC(N(C)C(=O)C2CCCCC2)CC1.CN(C(=O)C12CC3CC(CC(C3)C1)C2)C1CCCCC1.CN(C(=O)C1CCC(Cl)CC1)C1CCC(Cl)CC1. The lowest BCUT2D eigenvalue weighted by molar-refractivity contribution is -0.159. The highest BCUT2D eigenvalue weighted by Gasteiger charge is 2.55. The highest BCUT2D eigenvalue weighted by molar-refractivity contribution is 7.89. The zero-order valence-electron chi connectivity index (χ0n) is 40.7. The summed E-state index contributed by atoms with van der Waals surface area (Å²) in [6.07, 6.45) is 35.6. The maximum Gasteiger partial charge on any atom is 0.228 e. The van der Waals surface area contributed by atoms with Crippen molar-refractivity contribution < 1.29 is 22.8 Å². The van der Waals surface area contributed by atoms with E-state index in [-0.39, 0.29) is 40.5 Å². The lowest BCUT2D eigenvalue weighted by Crippen LogP contribution is -2.55. The number of rotatable bonds is 13. The molecule has 0 aromatic carbocycles. The first-order valence-corrected chi connectivity index (χ1v) is 29.3. The van der Waals surface area contributed by atoms with Crippen molar-refractivity contribution in [2.75, 3.05) is 26.9 Å². The first kappa shape index (κ1) is 52.3. The number of halogens is 2. The summed E-state index contributed by atoms with van der Waals surface area (Å²) in [6, 6.07) is 1.26. The van der Waals surface area contributed by atoms with Crippen molar-refractivity contribution in [2.45, 2.75) is 247 Å². The van der Waals surface area contributed by atoms with Crippen molar-refractivity contribution in [1.29, 1.82) is 0 Å². The molecule has 9 nitrogen and oxygen atoms in total. The molecule has 9 aliphatic carbocycles. The van der Waals surface area contributed by atoms with Gasteiger partial charge in [-0.05, 0) is 165 Å². The first-order chi connectivity index (χ1) is 30.7. The number of amides is 3. The van der Waals surface area contributed by atoms with Crippen molar-refractivity contribution in [3.63, 3.8) is 0 Å².